The molecule has 0 radical (unpaired) electrons. The third-order valence-electron chi connectivity index (χ3n) is 3.03. The van der Waals surface area contributed by atoms with Crippen molar-refractivity contribution in [1.82, 2.24) is 5.32 Å². The Bertz CT molecular complexity index is 195. The Hall–Kier alpha value is 1.23. The zero-order chi connectivity index (χ0) is 9.10. The van der Waals surface area contributed by atoms with E-state index in [1.807, 2.05) is 0 Å². The number of Topliss-reactive ketones (excluding diaryl/α,β-unsaturated/α-hetero) is 1. The van der Waals surface area contributed by atoms with Gasteiger partial charge in [-0.2, -0.15) is 0 Å². The minimum atomic E-state index is 0. The Balaban J connectivity index is 0.000000980. The minimum Gasteiger partial charge on any atom is -0.659 e. The molecule has 14 heavy (non-hydrogen) atoms. The molecule has 1 saturated heterocycles. The normalized spacial score (nSPS) is 27.1. The molecule has 2 fully saturated rings. The summed E-state index contributed by atoms with van der Waals surface area (Å²) in [5.74, 6) is 0.379. The quantitative estimate of drug-likeness (QED) is 0.570. The number of rotatable bonds is 4. The molecule has 0 bridgehead atoms. The molecule has 1 N–H and O–H groups in total. The molecule has 1 saturated carbocycles. The topological polar surface area (TPSA) is 43.2 Å². The molecule has 0 aromatic heterocycles. The second-order valence-electron chi connectivity index (χ2n) is 4.00. The van der Waals surface area contributed by atoms with E-state index >= 15 is 0 Å². The van der Waals surface area contributed by atoms with Gasteiger partial charge in [-0.05, 0) is 6.42 Å². The van der Waals surface area contributed by atoms with E-state index in [4.69, 9.17) is 0 Å². The van der Waals surface area contributed by atoms with Crippen molar-refractivity contribution in [2.75, 3.05) is 13.1 Å². The van der Waals surface area contributed by atoms with E-state index in [-0.39, 0.29) is 57.4 Å². The number of nitrogens with one attached hydrogen (secondary N) is 1. The third kappa shape index (κ3) is 3.66. The zero-order valence-corrected chi connectivity index (χ0v) is 12.1. The fourth-order valence-electron chi connectivity index (χ4n) is 1.88. The number of hydrogen-bond acceptors (Lipinski definition) is 2. The Morgan fingerprint density at radius 2 is 2.21 bits per heavy atom. The van der Waals surface area contributed by atoms with Gasteiger partial charge in [-0.25, -0.2) is 0 Å². The number of nitrogens with zero attached hydrogens (tertiary/aromatic N) is 1. The van der Waals surface area contributed by atoms with Gasteiger partial charge in [-0.3, -0.25) is 4.79 Å². The van der Waals surface area contributed by atoms with Gasteiger partial charge in [0.05, 0.1) is 6.04 Å². The summed E-state index contributed by atoms with van der Waals surface area (Å²) >= 11 is 0. The SMILES string of the molecule is O=C1CCNC1CC[N-]C1CCC1.[K+]. The van der Waals surface area contributed by atoms with Gasteiger partial charge in [0, 0.05) is 13.0 Å². The maximum Gasteiger partial charge on any atom is 1.00 e. The van der Waals surface area contributed by atoms with Crippen molar-refractivity contribution in [3.05, 3.63) is 5.32 Å². The summed E-state index contributed by atoms with van der Waals surface area (Å²) in [6.07, 6.45) is 5.51. The van der Waals surface area contributed by atoms with Gasteiger partial charge in [-0.15, -0.1) is 12.6 Å². The molecule has 4 heteroatoms. The average Bonchev–Trinajstić information content (AvgIpc) is 2.42. The molecule has 3 nitrogen and oxygen atoms in total. The third-order valence-corrected chi connectivity index (χ3v) is 3.03. The molecule has 2 rings (SSSR count). The first-order valence-corrected chi connectivity index (χ1v) is 5.29. The van der Waals surface area contributed by atoms with Crippen LogP contribution >= 0.6 is 0 Å². The van der Waals surface area contributed by atoms with Gasteiger partial charge < -0.3 is 10.6 Å². The van der Waals surface area contributed by atoms with Crippen molar-refractivity contribution < 1.29 is 56.2 Å². The number of ketones is 1. The van der Waals surface area contributed by atoms with Crippen molar-refractivity contribution in [2.45, 2.75) is 44.2 Å². The summed E-state index contributed by atoms with van der Waals surface area (Å²) in [7, 11) is 0. The van der Waals surface area contributed by atoms with Gasteiger partial charge in [0.1, 0.15) is 0 Å². The van der Waals surface area contributed by atoms with E-state index in [1.54, 1.807) is 0 Å². The molecular formula is C10H17KN2O. The number of hydrogen-bond donors (Lipinski definition) is 1. The van der Waals surface area contributed by atoms with E-state index in [2.05, 4.69) is 10.6 Å². The monoisotopic (exact) mass is 220 g/mol. The summed E-state index contributed by atoms with van der Waals surface area (Å²) in [5, 5.41) is 7.74. The van der Waals surface area contributed by atoms with E-state index in [0.29, 0.717) is 18.2 Å². The first-order chi connectivity index (χ1) is 6.36. The summed E-state index contributed by atoms with van der Waals surface area (Å²) in [5.41, 5.74) is 0. The molecule has 1 atom stereocenters. The second kappa shape index (κ2) is 6.73. The number of carbonyl (C=O) groups excluding carboxylic acids is 1. The molecule has 1 aliphatic heterocycles. The van der Waals surface area contributed by atoms with Crippen LogP contribution in [-0.4, -0.2) is 31.0 Å². The number of carbonyl (C=O) groups is 1. The first kappa shape index (κ1) is 13.3. The molecule has 1 heterocycles. The Labute approximate surface area is 128 Å². The van der Waals surface area contributed by atoms with Crippen molar-refractivity contribution >= 4 is 5.78 Å². The van der Waals surface area contributed by atoms with Crippen molar-refractivity contribution in [2.24, 2.45) is 0 Å². The maximum absolute atomic E-state index is 11.2. The molecule has 0 aromatic rings. The molecule has 0 amide bonds. The van der Waals surface area contributed by atoms with E-state index < -0.39 is 0 Å². The van der Waals surface area contributed by atoms with Crippen LogP contribution in [0.15, 0.2) is 0 Å². The predicted molar refractivity (Wildman–Crippen MR) is 51.9 cm³/mol. The second-order valence-corrected chi connectivity index (χ2v) is 4.00. The van der Waals surface area contributed by atoms with Gasteiger partial charge in [0.15, 0.2) is 5.78 Å². The molecule has 0 spiro atoms. The largest absolute Gasteiger partial charge is 1.00 e. The summed E-state index contributed by atoms with van der Waals surface area (Å²) in [6, 6.07) is 0.736. The molecule has 2 aliphatic rings. The fourth-order valence-corrected chi connectivity index (χ4v) is 1.88. The summed E-state index contributed by atoms with van der Waals surface area (Å²) in [6.45, 7) is 1.74. The van der Waals surface area contributed by atoms with Crippen molar-refractivity contribution in [1.29, 1.82) is 0 Å². The van der Waals surface area contributed by atoms with Gasteiger partial charge in [0.25, 0.3) is 0 Å². The molecule has 0 aromatic carbocycles. The predicted octanol–water partition coefficient (Wildman–Crippen LogP) is -1.76. The Morgan fingerprint density at radius 3 is 2.71 bits per heavy atom. The van der Waals surface area contributed by atoms with Crippen LogP contribution in [0.3, 0.4) is 0 Å². The van der Waals surface area contributed by atoms with Crippen LogP contribution < -0.4 is 56.7 Å². The molecule has 1 aliphatic carbocycles. The molecular weight excluding hydrogens is 203 g/mol. The van der Waals surface area contributed by atoms with Crippen LogP contribution in [0.1, 0.15) is 32.1 Å². The Kier molecular flexibility index (Phi) is 6.39. The van der Waals surface area contributed by atoms with Crippen LogP contribution in [0.25, 0.3) is 5.32 Å². The van der Waals surface area contributed by atoms with Crippen molar-refractivity contribution in [3.63, 3.8) is 0 Å². The summed E-state index contributed by atoms with van der Waals surface area (Å²) < 4.78 is 0. The van der Waals surface area contributed by atoms with Gasteiger partial charge in [0.2, 0.25) is 0 Å². The van der Waals surface area contributed by atoms with E-state index in [0.717, 1.165) is 19.5 Å². The van der Waals surface area contributed by atoms with Crippen LogP contribution in [0.2, 0.25) is 0 Å². The van der Waals surface area contributed by atoms with Crippen LogP contribution in [0, 0.1) is 0 Å². The van der Waals surface area contributed by atoms with Crippen LogP contribution in [-0.2, 0) is 4.79 Å². The standard InChI is InChI=1S/C10H17N2O.K/c13-10-5-7-12-9(10)4-6-11-8-2-1-3-8;/h8-9,12H,1-7H2;/q-1;+1. The van der Waals surface area contributed by atoms with E-state index in [9.17, 15) is 4.79 Å². The fraction of sp³-hybridized carbons (Fsp3) is 0.900. The van der Waals surface area contributed by atoms with Crippen LogP contribution in [0.5, 0.6) is 0 Å². The smallest absolute Gasteiger partial charge is 0.659 e. The minimum absolute atomic E-state index is 0. The van der Waals surface area contributed by atoms with Gasteiger partial charge in [-0.1, -0.05) is 19.3 Å². The van der Waals surface area contributed by atoms with Gasteiger partial charge >= 0.3 is 51.4 Å². The maximum atomic E-state index is 11.2. The molecule has 1 unspecified atom stereocenters. The van der Waals surface area contributed by atoms with Crippen LogP contribution in [0.4, 0.5) is 0 Å². The molecule has 74 valence electrons. The van der Waals surface area contributed by atoms with Crippen molar-refractivity contribution in [3.8, 4) is 0 Å². The first-order valence-electron chi connectivity index (χ1n) is 5.29. The summed E-state index contributed by atoms with van der Waals surface area (Å²) in [4.78, 5) is 11.2. The average molecular weight is 220 g/mol. The van der Waals surface area contributed by atoms with E-state index in [1.165, 1.54) is 19.3 Å². The Morgan fingerprint density at radius 1 is 1.43 bits per heavy atom. The zero-order valence-electron chi connectivity index (χ0n) is 8.96.